The summed E-state index contributed by atoms with van der Waals surface area (Å²) in [7, 11) is 0. The van der Waals surface area contributed by atoms with Gasteiger partial charge in [0.1, 0.15) is 0 Å². The van der Waals surface area contributed by atoms with E-state index in [0.29, 0.717) is 32.8 Å². The predicted molar refractivity (Wildman–Crippen MR) is 54.1 cm³/mol. The summed E-state index contributed by atoms with van der Waals surface area (Å²) in [4.78, 5) is 13.4. The second-order valence-electron chi connectivity index (χ2n) is 3.39. The molecule has 0 radical (unpaired) electrons. The van der Waals surface area contributed by atoms with Crippen molar-refractivity contribution >= 4 is 6.03 Å². The van der Waals surface area contributed by atoms with Gasteiger partial charge in [-0.1, -0.05) is 6.92 Å². The molecule has 14 heavy (non-hydrogen) atoms. The second kappa shape index (κ2) is 5.82. The molecule has 1 heterocycles. The summed E-state index contributed by atoms with van der Waals surface area (Å²) in [6, 6.07) is 0.00575. The minimum Gasteiger partial charge on any atom is -0.377 e. The molecule has 0 aromatic heterocycles. The van der Waals surface area contributed by atoms with Crippen molar-refractivity contribution in [3.05, 3.63) is 0 Å². The Morgan fingerprint density at radius 2 is 2.50 bits per heavy atom. The maximum atomic E-state index is 11.6. The Labute approximate surface area is 84.6 Å². The fourth-order valence-electron chi connectivity index (χ4n) is 1.45. The molecule has 1 rings (SSSR count). The minimum atomic E-state index is -0.0226. The number of nitrogens with one attached hydrogen (secondary N) is 1. The van der Waals surface area contributed by atoms with Gasteiger partial charge in [0.15, 0.2) is 0 Å². The molecule has 1 saturated heterocycles. The van der Waals surface area contributed by atoms with E-state index in [4.69, 9.17) is 10.5 Å². The molecule has 1 aliphatic rings. The molecule has 0 saturated carbocycles. The van der Waals surface area contributed by atoms with Crippen LogP contribution in [0.25, 0.3) is 0 Å². The number of hydrogen-bond donors (Lipinski definition) is 2. The lowest BCUT2D eigenvalue weighted by Crippen LogP contribution is -2.55. The number of urea groups is 1. The molecule has 0 aromatic rings. The highest BCUT2D eigenvalue weighted by Gasteiger charge is 2.25. The van der Waals surface area contributed by atoms with Crippen LogP contribution in [0.3, 0.4) is 0 Å². The van der Waals surface area contributed by atoms with Crippen LogP contribution >= 0.6 is 0 Å². The van der Waals surface area contributed by atoms with Gasteiger partial charge in [-0.3, -0.25) is 0 Å². The largest absolute Gasteiger partial charge is 0.377 e. The van der Waals surface area contributed by atoms with Crippen LogP contribution < -0.4 is 11.1 Å². The SMILES string of the molecule is CCCNC(=O)N1CCOCC1CN. The molecule has 0 aromatic carbocycles. The molecule has 0 aliphatic carbocycles. The van der Waals surface area contributed by atoms with Crippen molar-refractivity contribution in [3.8, 4) is 0 Å². The normalized spacial score (nSPS) is 22.1. The lowest BCUT2D eigenvalue weighted by molar-refractivity contribution is 0.0157. The van der Waals surface area contributed by atoms with E-state index in [9.17, 15) is 4.79 Å². The molecule has 0 bridgehead atoms. The van der Waals surface area contributed by atoms with Crippen LogP contribution in [0.2, 0.25) is 0 Å². The van der Waals surface area contributed by atoms with Gasteiger partial charge < -0.3 is 20.7 Å². The molecule has 0 spiro atoms. The molecule has 5 heteroatoms. The zero-order valence-electron chi connectivity index (χ0n) is 8.66. The monoisotopic (exact) mass is 201 g/mol. The van der Waals surface area contributed by atoms with Gasteiger partial charge in [0.05, 0.1) is 19.3 Å². The van der Waals surface area contributed by atoms with Gasteiger partial charge in [-0.25, -0.2) is 4.79 Å². The van der Waals surface area contributed by atoms with Crippen molar-refractivity contribution in [1.29, 1.82) is 0 Å². The molecular formula is C9H19N3O2. The molecule has 5 nitrogen and oxygen atoms in total. The zero-order valence-corrected chi connectivity index (χ0v) is 8.66. The van der Waals surface area contributed by atoms with Crippen molar-refractivity contribution in [2.75, 3.05) is 32.8 Å². The maximum Gasteiger partial charge on any atom is 0.317 e. The third-order valence-corrected chi connectivity index (χ3v) is 2.29. The Morgan fingerprint density at radius 3 is 3.14 bits per heavy atom. The molecule has 82 valence electrons. The number of rotatable bonds is 3. The number of nitrogens with zero attached hydrogens (tertiary/aromatic N) is 1. The molecule has 2 amide bonds. The zero-order chi connectivity index (χ0) is 10.4. The van der Waals surface area contributed by atoms with Crippen molar-refractivity contribution in [1.82, 2.24) is 10.2 Å². The Balaban J connectivity index is 2.41. The fourth-order valence-corrected chi connectivity index (χ4v) is 1.45. The third-order valence-electron chi connectivity index (χ3n) is 2.29. The van der Waals surface area contributed by atoms with Gasteiger partial charge in [-0.15, -0.1) is 0 Å². The predicted octanol–water partition coefficient (Wildman–Crippen LogP) is -0.234. The summed E-state index contributed by atoms with van der Waals surface area (Å²) in [5, 5.41) is 2.84. The first-order valence-corrected chi connectivity index (χ1v) is 5.11. The highest BCUT2D eigenvalue weighted by Crippen LogP contribution is 2.05. The third kappa shape index (κ3) is 2.85. The Bertz CT molecular complexity index is 187. The highest BCUT2D eigenvalue weighted by molar-refractivity contribution is 5.74. The number of hydrogen-bond acceptors (Lipinski definition) is 3. The number of morpholine rings is 1. The van der Waals surface area contributed by atoms with Crippen LogP contribution in [0.1, 0.15) is 13.3 Å². The first-order chi connectivity index (χ1) is 6.79. The summed E-state index contributed by atoms with van der Waals surface area (Å²) >= 11 is 0. The topological polar surface area (TPSA) is 67.6 Å². The van der Waals surface area contributed by atoms with E-state index in [1.807, 2.05) is 6.92 Å². The van der Waals surface area contributed by atoms with Gasteiger partial charge >= 0.3 is 6.03 Å². The van der Waals surface area contributed by atoms with Gasteiger partial charge in [0.2, 0.25) is 0 Å². The first kappa shape index (κ1) is 11.3. The first-order valence-electron chi connectivity index (χ1n) is 5.11. The van der Waals surface area contributed by atoms with E-state index in [-0.39, 0.29) is 12.1 Å². The van der Waals surface area contributed by atoms with Crippen LogP contribution in [-0.2, 0) is 4.74 Å². The molecular weight excluding hydrogens is 182 g/mol. The van der Waals surface area contributed by atoms with Crippen molar-refractivity contribution in [2.24, 2.45) is 5.73 Å². The van der Waals surface area contributed by atoms with E-state index < -0.39 is 0 Å². The summed E-state index contributed by atoms with van der Waals surface area (Å²) in [5.74, 6) is 0. The van der Waals surface area contributed by atoms with Gasteiger partial charge in [-0.05, 0) is 6.42 Å². The summed E-state index contributed by atoms with van der Waals surface area (Å²) < 4.78 is 5.26. The molecule has 1 fully saturated rings. The molecule has 3 N–H and O–H groups in total. The lowest BCUT2D eigenvalue weighted by Gasteiger charge is -2.34. The van der Waals surface area contributed by atoms with Gasteiger partial charge in [0, 0.05) is 19.6 Å². The van der Waals surface area contributed by atoms with Crippen LogP contribution in [-0.4, -0.2) is 49.8 Å². The summed E-state index contributed by atoms with van der Waals surface area (Å²) in [5.41, 5.74) is 5.56. The number of carbonyl (C=O) groups excluding carboxylic acids is 1. The lowest BCUT2D eigenvalue weighted by atomic mass is 10.2. The van der Waals surface area contributed by atoms with E-state index in [2.05, 4.69) is 5.32 Å². The standard InChI is InChI=1S/C9H19N3O2/c1-2-3-11-9(13)12-4-5-14-7-8(12)6-10/h8H,2-7,10H2,1H3,(H,11,13). The van der Waals surface area contributed by atoms with Crippen molar-refractivity contribution < 1.29 is 9.53 Å². The van der Waals surface area contributed by atoms with Crippen LogP contribution in [0.5, 0.6) is 0 Å². The van der Waals surface area contributed by atoms with E-state index in [0.717, 1.165) is 6.42 Å². The second-order valence-corrected chi connectivity index (χ2v) is 3.39. The van der Waals surface area contributed by atoms with Crippen molar-refractivity contribution in [3.63, 3.8) is 0 Å². The number of amides is 2. The quantitative estimate of drug-likeness (QED) is 0.662. The Hall–Kier alpha value is -0.810. The number of nitrogens with two attached hydrogens (primary N) is 1. The molecule has 1 atom stereocenters. The molecule has 1 aliphatic heterocycles. The van der Waals surface area contributed by atoms with E-state index >= 15 is 0 Å². The fraction of sp³-hybridized carbons (Fsp3) is 0.889. The average molecular weight is 201 g/mol. The van der Waals surface area contributed by atoms with Crippen molar-refractivity contribution in [2.45, 2.75) is 19.4 Å². The van der Waals surface area contributed by atoms with Gasteiger partial charge in [-0.2, -0.15) is 0 Å². The van der Waals surface area contributed by atoms with Crippen LogP contribution in [0.15, 0.2) is 0 Å². The van der Waals surface area contributed by atoms with Crippen LogP contribution in [0, 0.1) is 0 Å². The van der Waals surface area contributed by atoms with E-state index in [1.165, 1.54) is 0 Å². The summed E-state index contributed by atoms with van der Waals surface area (Å²) in [6.07, 6.45) is 0.948. The van der Waals surface area contributed by atoms with E-state index in [1.54, 1.807) is 4.90 Å². The number of carbonyl (C=O) groups is 1. The minimum absolute atomic E-state index is 0.0226. The van der Waals surface area contributed by atoms with Gasteiger partial charge in [0.25, 0.3) is 0 Å². The smallest absolute Gasteiger partial charge is 0.317 e. The van der Waals surface area contributed by atoms with Crippen LogP contribution in [0.4, 0.5) is 4.79 Å². The average Bonchev–Trinajstić information content (AvgIpc) is 2.25. The highest BCUT2D eigenvalue weighted by atomic mass is 16.5. The Kier molecular flexibility index (Phi) is 4.69. The molecule has 1 unspecified atom stereocenters. The number of ether oxygens (including phenoxy) is 1. The summed E-state index contributed by atoms with van der Waals surface area (Å²) in [6.45, 7) is 5.00. The maximum absolute atomic E-state index is 11.6. The Morgan fingerprint density at radius 1 is 1.71 bits per heavy atom.